The first-order valence-electron chi connectivity index (χ1n) is 4.08. The summed E-state index contributed by atoms with van der Waals surface area (Å²) in [6.07, 6.45) is 1.97. The number of carbonyl (C=O) groups excluding carboxylic acids is 1. The van der Waals surface area contributed by atoms with Crippen LogP contribution in [0.25, 0.3) is 0 Å². The van der Waals surface area contributed by atoms with Gasteiger partial charge in [0.05, 0.1) is 6.42 Å². The highest BCUT2D eigenvalue weighted by atomic mass is 16.1. The molecule has 0 aliphatic carbocycles. The second-order valence-electron chi connectivity index (χ2n) is 2.99. The van der Waals surface area contributed by atoms with Crippen molar-refractivity contribution in [1.29, 1.82) is 0 Å². The number of hydrogen-bond acceptors (Lipinski definition) is 2. The molecule has 0 spiro atoms. The molecule has 0 bridgehead atoms. The Labute approximate surface area is 77.0 Å². The Morgan fingerprint density at radius 2 is 2.54 bits per heavy atom. The smallest absolute Gasteiger partial charge is 0.226 e. The van der Waals surface area contributed by atoms with Crippen molar-refractivity contribution in [3.63, 3.8) is 0 Å². The van der Waals surface area contributed by atoms with Crippen molar-refractivity contribution in [3.05, 3.63) is 30.1 Å². The maximum Gasteiger partial charge on any atom is 0.226 e. The fourth-order valence-corrected chi connectivity index (χ4v) is 0.868. The van der Waals surface area contributed by atoms with Crippen LogP contribution < -0.4 is 5.32 Å². The highest BCUT2D eigenvalue weighted by Crippen LogP contribution is 1.92. The Kier molecular flexibility index (Phi) is 3.25. The number of aromatic amines is 1. The number of aromatic nitrogens is 2. The minimum atomic E-state index is -0.0211. The number of carbonyl (C=O) groups is 1. The van der Waals surface area contributed by atoms with Crippen molar-refractivity contribution in [1.82, 2.24) is 15.5 Å². The Hall–Kier alpha value is -1.58. The molecule has 1 rings (SSSR count). The van der Waals surface area contributed by atoms with Crippen LogP contribution in [0.4, 0.5) is 0 Å². The summed E-state index contributed by atoms with van der Waals surface area (Å²) in [6.45, 7) is 6.10. The van der Waals surface area contributed by atoms with Gasteiger partial charge in [-0.3, -0.25) is 9.89 Å². The van der Waals surface area contributed by atoms with Crippen molar-refractivity contribution in [2.24, 2.45) is 0 Å². The van der Waals surface area contributed by atoms with E-state index in [4.69, 9.17) is 0 Å². The number of nitrogens with zero attached hydrogens (tertiary/aromatic N) is 1. The molecule has 1 amide bonds. The van der Waals surface area contributed by atoms with Crippen LogP contribution in [0.5, 0.6) is 0 Å². The Morgan fingerprint density at radius 1 is 1.77 bits per heavy atom. The van der Waals surface area contributed by atoms with Crippen LogP contribution in [0, 0.1) is 0 Å². The quantitative estimate of drug-likeness (QED) is 0.666. The van der Waals surface area contributed by atoms with Crippen LogP contribution in [-0.2, 0) is 11.2 Å². The Morgan fingerprint density at radius 3 is 3.08 bits per heavy atom. The van der Waals surface area contributed by atoms with Crippen molar-refractivity contribution in [3.8, 4) is 0 Å². The first-order chi connectivity index (χ1) is 6.18. The molecule has 0 aliphatic heterocycles. The molecule has 1 aromatic heterocycles. The summed E-state index contributed by atoms with van der Waals surface area (Å²) >= 11 is 0. The third kappa shape index (κ3) is 3.55. The molecule has 0 unspecified atom stereocenters. The van der Waals surface area contributed by atoms with Crippen molar-refractivity contribution in [2.75, 3.05) is 6.54 Å². The summed E-state index contributed by atoms with van der Waals surface area (Å²) in [6, 6.07) is 1.78. The number of rotatable bonds is 4. The molecule has 4 nitrogen and oxygen atoms in total. The normalized spacial score (nSPS) is 9.62. The van der Waals surface area contributed by atoms with Gasteiger partial charge in [-0.15, -0.1) is 0 Å². The largest absolute Gasteiger partial charge is 0.352 e. The Bertz CT molecular complexity index is 290. The van der Waals surface area contributed by atoms with E-state index in [1.807, 2.05) is 6.92 Å². The van der Waals surface area contributed by atoms with Gasteiger partial charge in [-0.25, -0.2) is 0 Å². The fraction of sp³-hybridized carbons (Fsp3) is 0.333. The summed E-state index contributed by atoms with van der Waals surface area (Å²) in [7, 11) is 0. The SMILES string of the molecule is C=C(C)CNC(=O)Cc1ccn[nH]1. The van der Waals surface area contributed by atoms with E-state index in [2.05, 4.69) is 22.1 Å². The fourth-order valence-electron chi connectivity index (χ4n) is 0.868. The van der Waals surface area contributed by atoms with E-state index in [-0.39, 0.29) is 5.91 Å². The minimum Gasteiger partial charge on any atom is -0.352 e. The van der Waals surface area contributed by atoms with Gasteiger partial charge in [-0.2, -0.15) is 5.10 Å². The molecule has 1 aromatic rings. The first kappa shape index (κ1) is 9.51. The number of H-pyrrole nitrogens is 1. The third-order valence-electron chi connectivity index (χ3n) is 1.50. The molecular weight excluding hydrogens is 166 g/mol. The molecule has 0 aliphatic rings. The van der Waals surface area contributed by atoms with E-state index < -0.39 is 0 Å². The van der Waals surface area contributed by atoms with Gasteiger partial charge in [0.25, 0.3) is 0 Å². The average molecular weight is 179 g/mol. The molecule has 0 aromatic carbocycles. The molecule has 0 saturated heterocycles. The predicted octanol–water partition coefficient (Wildman–Crippen LogP) is 0.644. The summed E-state index contributed by atoms with van der Waals surface area (Å²) in [5.74, 6) is -0.0211. The van der Waals surface area contributed by atoms with E-state index in [1.165, 1.54) is 0 Å². The lowest BCUT2D eigenvalue weighted by Gasteiger charge is -2.02. The van der Waals surface area contributed by atoms with Gasteiger partial charge in [-0.1, -0.05) is 12.2 Å². The number of amides is 1. The second-order valence-corrected chi connectivity index (χ2v) is 2.99. The maximum absolute atomic E-state index is 11.2. The van der Waals surface area contributed by atoms with Crippen molar-refractivity contribution >= 4 is 5.91 Å². The van der Waals surface area contributed by atoms with Crippen LogP contribution >= 0.6 is 0 Å². The van der Waals surface area contributed by atoms with E-state index in [1.54, 1.807) is 12.3 Å². The zero-order valence-corrected chi connectivity index (χ0v) is 7.63. The zero-order valence-electron chi connectivity index (χ0n) is 7.63. The summed E-state index contributed by atoms with van der Waals surface area (Å²) < 4.78 is 0. The van der Waals surface area contributed by atoms with Gasteiger partial charge >= 0.3 is 0 Å². The number of hydrogen-bond donors (Lipinski definition) is 2. The number of nitrogens with one attached hydrogen (secondary N) is 2. The molecule has 1 heterocycles. The standard InChI is InChI=1S/C9H13N3O/c1-7(2)6-10-9(13)5-8-3-4-11-12-8/h3-4H,1,5-6H2,2H3,(H,10,13)(H,11,12). The highest BCUT2D eigenvalue weighted by molar-refractivity contribution is 5.78. The molecule has 13 heavy (non-hydrogen) atoms. The molecule has 0 atom stereocenters. The first-order valence-corrected chi connectivity index (χ1v) is 4.08. The molecule has 2 N–H and O–H groups in total. The van der Waals surface area contributed by atoms with E-state index in [0.29, 0.717) is 13.0 Å². The monoisotopic (exact) mass is 179 g/mol. The van der Waals surface area contributed by atoms with Gasteiger partial charge in [-0.05, 0) is 13.0 Å². The molecule has 70 valence electrons. The lowest BCUT2D eigenvalue weighted by molar-refractivity contribution is -0.120. The molecular formula is C9H13N3O. The van der Waals surface area contributed by atoms with E-state index >= 15 is 0 Å². The van der Waals surface area contributed by atoms with Crippen LogP contribution in [0.15, 0.2) is 24.4 Å². The van der Waals surface area contributed by atoms with Gasteiger partial charge in [0.2, 0.25) is 5.91 Å². The lowest BCUT2D eigenvalue weighted by Crippen LogP contribution is -2.26. The van der Waals surface area contributed by atoms with Gasteiger partial charge in [0.1, 0.15) is 0 Å². The van der Waals surface area contributed by atoms with Gasteiger partial charge in [0, 0.05) is 18.4 Å². The lowest BCUT2D eigenvalue weighted by atomic mass is 10.3. The van der Waals surface area contributed by atoms with Crippen molar-refractivity contribution in [2.45, 2.75) is 13.3 Å². The second kappa shape index (κ2) is 4.45. The van der Waals surface area contributed by atoms with Gasteiger partial charge in [0.15, 0.2) is 0 Å². The molecule has 0 fully saturated rings. The third-order valence-corrected chi connectivity index (χ3v) is 1.50. The average Bonchev–Trinajstić information content (AvgIpc) is 2.53. The molecule has 0 radical (unpaired) electrons. The Balaban J connectivity index is 2.30. The summed E-state index contributed by atoms with van der Waals surface area (Å²) in [4.78, 5) is 11.2. The van der Waals surface area contributed by atoms with E-state index in [0.717, 1.165) is 11.3 Å². The minimum absolute atomic E-state index is 0.0211. The van der Waals surface area contributed by atoms with Crippen LogP contribution in [-0.4, -0.2) is 22.6 Å². The van der Waals surface area contributed by atoms with E-state index in [9.17, 15) is 4.79 Å². The van der Waals surface area contributed by atoms with Crippen LogP contribution in [0.3, 0.4) is 0 Å². The topological polar surface area (TPSA) is 57.8 Å². The predicted molar refractivity (Wildman–Crippen MR) is 50.1 cm³/mol. The van der Waals surface area contributed by atoms with Gasteiger partial charge < -0.3 is 5.32 Å². The summed E-state index contributed by atoms with van der Waals surface area (Å²) in [5, 5.41) is 9.20. The zero-order chi connectivity index (χ0) is 9.68. The molecule has 0 saturated carbocycles. The van der Waals surface area contributed by atoms with Crippen LogP contribution in [0.2, 0.25) is 0 Å². The van der Waals surface area contributed by atoms with Crippen LogP contribution in [0.1, 0.15) is 12.6 Å². The molecule has 4 heteroatoms. The van der Waals surface area contributed by atoms with Crippen molar-refractivity contribution < 1.29 is 4.79 Å². The summed E-state index contributed by atoms with van der Waals surface area (Å²) in [5.41, 5.74) is 1.76. The highest BCUT2D eigenvalue weighted by Gasteiger charge is 2.02. The maximum atomic E-state index is 11.2.